The molecule has 0 amide bonds. The number of oxazole rings is 1. The van der Waals surface area contributed by atoms with E-state index in [1.807, 2.05) is 18.2 Å². The summed E-state index contributed by atoms with van der Waals surface area (Å²) in [6.45, 7) is 8.76. The number of benzene rings is 1. The number of hydrogen-bond acceptors (Lipinski definition) is 6. The minimum Gasteiger partial charge on any atom is -0.439 e. The zero-order chi connectivity index (χ0) is 20.8. The standard InChI is InChI=1S/C22H27N7O.HI/c1-3-23-21(28-11-13-29(14-12-28)22-24-9-4-10-25-22)27-16-20-26-15-19(30-20)18-7-5-17(2)6-8-18;/h4-10,15H,3,11-14,16H2,1-2H3,(H,23,27);1H. The molecule has 0 saturated carbocycles. The van der Waals surface area contributed by atoms with Crippen molar-refractivity contribution in [3.63, 3.8) is 0 Å². The average Bonchev–Trinajstić information content (AvgIpc) is 3.27. The second-order valence-electron chi connectivity index (χ2n) is 7.18. The van der Waals surface area contributed by atoms with Crippen molar-refractivity contribution < 1.29 is 4.42 Å². The van der Waals surface area contributed by atoms with E-state index in [-0.39, 0.29) is 24.0 Å². The van der Waals surface area contributed by atoms with Gasteiger partial charge in [-0.2, -0.15) is 0 Å². The first-order valence-corrected chi connectivity index (χ1v) is 10.3. The van der Waals surface area contributed by atoms with Crippen molar-refractivity contribution in [2.24, 2.45) is 4.99 Å². The van der Waals surface area contributed by atoms with Crippen molar-refractivity contribution in [2.75, 3.05) is 37.6 Å². The van der Waals surface area contributed by atoms with E-state index < -0.39 is 0 Å². The fraction of sp³-hybridized carbons (Fsp3) is 0.364. The van der Waals surface area contributed by atoms with Crippen LogP contribution in [0.2, 0.25) is 0 Å². The Hall–Kier alpha value is -2.69. The molecule has 0 radical (unpaired) electrons. The summed E-state index contributed by atoms with van der Waals surface area (Å²) in [6.07, 6.45) is 5.32. The maximum atomic E-state index is 5.91. The van der Waals surface area contributed by atoms with Crippen LogP contribution in [0, 0.1) is 6.92 Å². The van der Waals surface area contributed by atoms with Gasteiger partial charge in [-0.3, -0.25) is 0 Å². The van der Waals surface area contributed by atoms with Gasteiger partial charge in [0.15, 0.2) is 11.7 Å². The van der Waals surface area contributed by atoms with E-state index in [4.69, 9.17) is 9.41 Å². The van der Waals surface area contributed by atoms with E-state index in [9.17, 15) is 0 Å². The lowest BCUT2D eigenvalue weighted by atomic mass is 10.1. The molecule has 0 atom stereocenters. The van der Waals surface area contributed by atoms with Crippen LogP contribution in [0.5, 0.6) is 0 Å². The number of aryl methyl sites for hydroxylation is 1. The molecule has 8 nitrogen and oxygen atoms in total. The molecule has 31 heavy (non-hydrogen) atoms. The number of guanidine groups is 1. The van der Waals surface area contributed by atoms with E-state index >= 15 is 0 Å². The molecule has 164 valence electrons. The molecule has 1 fully saturated rings. The van der Waals surface area contributed by atoms with Crippen LogP contribution in [-0.2, 0) is 6.54 Å². The number of anilines is 1. The van der Waals surface area contributed by atoms with Crippen molar-refractivity contribution in [1.82, 2.24) is 25.2 Å². The second kappa shape index (κ2) is 11.1. The fourth-order valence-electron chi connectivity index (χ4n) is 3.38. The number of piperazine rings is 1. The molecule has 1 aliphatic rings. The molecule has 0 aliphatic carbocycles. The normalized spacial score (nSPS) is 14.3. The highest BCUT2D eigenvalue weighted by Gasteiger charge is 2.21. The molecular formula is C22H28IN7O. The zero-order valence-electron chi connectivity index (χ0n) is 17.9. The first-order valence-electron chi connectivity index (χ1n) is 10.3. The molecule has 0 spiro atoms. The molecule has 1 N–H and O–H groups in total. The van der Waals surface area contributed by atoms with E-state index in [1.165, 1.54) is 5.56 Å². The summed E-state index contributed by atoms with van der Waals surface area (Å²) in [7, 11) is 0. The third kappa shape index (κ3) is 5.93. The lowest BCUT2D eigenvalue weighted by Gasteiger charge is -2.36. The Balaban J connectivity index is 0.00000272. The third-order valence-electron chi connectivity index (χ3n) is 5.00. The zero-order valence-corrected chi connectivity index (χ0v) is 20.2. The number of rotatable bonds is 5. The van der Waals surface area contributed by atoms with E-state index in [2.05, 4.69) is 56.0 Å². The molecule has 3 heterocycles. The first-order chi connectivity index (χ1) is 14.7. The molecule has 9 heteroatoms. The summed E-state index contributed by atoms with van der Waals surface area (Å²) in [6, 6.07) is 10.1. The Morgan fingerprint density at radius 2 is 1.77 bits per heavy atom. The van der Waals surface area contributed by atoms with Crippen molar-refractivity contribution >= 4 is 35.9 Å². The van der Waals surface area contributed by atoms with Crippen molar-refractivity contribution in [2.45, 2.75) is 20.4 Å². The van der Waals surface area contributed by atoms with Crippen molar-refractivity contribution in [3.8, 4) is 11.3 Å². The third-order valence-corrected chi connectivity index (χ3v) is 5.00. The molecular weight excluding hydrogens is 505 g/mol. The van der Waals surface area contributed by atoms with Crippen molar-refractivity contribution in [3.05, 3.63) is 60.4 Å². The van der Waals surface area contributed by atoms with Crippen LogP contribution < -0.4 is 10.2 Å². The van der Waals surface area contributed by atoms with Gasteiger partial charge < -0.3 is 19.5 Å². The van der Waals surface area contributed by atoms with Gasteiger partial charge in [-0.1, -0.05) is 29.8 Å². The van der Waals surface area contributed by atoms with Gasteiger partial charge in [0, 0.05) is 50.7 Å². The number of halogens is 1. The summed E-state index contributed by atoms with van der Waals surface area (Å²) in [4.78, 5) is 22.3. The molecule has 0 unspecified atom stereocenters. The van der Waals surface area contributed by atoms with Gasteiger partial charge in [-0.05, 0) is 19.9 Å². The Morgan fingerprint density at radius 3 is 2.45 bits per heavy atom. The number of hydrogen-bond donors (Lipinski definition) is 1. The largest absolute Gasteiger partial charge is 0.439 e. The highest BCUT2D eigenvalue weighted by Crippen LogP contribution is 2.21. The Kier molecular flexibility index (Phi) is 8.21. The number of nitrogens with zero attached hydrogens (tertiary/aromatic N) is 6. The maximum Gasteiger partial charge on any atom is 0.225 e. The van der Waals surface area contributed by atoms with Gasteiger partial charge in [-0.25, -0.2) is 19.9 Å². The van der Waals surface area contributed by atoms with Gasteiger partial charge in [0.05, 0.1) is 6.20 Å². The molecule has 1 aliphatic heterocycles. The van der Waals surface area contributed by atoms with Crippen LogP contribution in [0.3, 0.4) is 0 Å². The molecule has 4 rings (SSSR count). The summed E-state index contributed by atoms with van der Waals surface area (Å²) >= 11 is 0. The number of nitrogens with one attached hydrogen (secondary N) is 1. The van der Waals surface area contributed by atoms with Crippen LogP contribution in [0.4, 0.5) is 5.95 Å². The Labute approximate surface area is 199 Å². The van der Waals surface area contributed by atoms with Gasteiger partial charge in [0.25, 0.3) is 0 Å². The van der Waals surface area contributed by atoms with Gasteiger partial charge in [-0.15, -0.1) is 24.0 Å². The minimum atomic E-state index is 0. The number of aliphatic imine (C=N–C) groups is 1. The van der Waals surface area contributed by atoms with E-state index in [0.717, 1.165) is 56.0 Å². The highest BCUT2D eigenvalue weighted by molar-refractivity contribution is 14.0. The van der Waals surface area contributed by atoms with Crippen LogP contribution >= 0.6 is 24.0 Å². The smallest absolute Gasteiger partial charge is 0.225 e. The summed E-state index contributed by atoms with van der Waals surface area (Å²) < 4.78 is 5.91. The Bertz CT molecular complexity index is 967. The van der Waals surface area contributed by atoms with Crippen LogP contribution in [0.15, 0.2) is 58.3 Å². The predicted molar refractivity (Wildman–Crippen MR) is 133 cm³/mol. The second-order valence-corrected chi connectivity index (χ2v) is 7.18. The SMILES string of the molecule is CCNC(=NCc1ncc(-c2ccc(C)cc2)o1)N1CCN(c2ncccn2)CC1.I. The summed E-state index contributed by atoms with van der Waals surface area (Å²) in [5.74, 6) is 3.03. The Morgan fingerprint density at radius 1 is 1.06 bits per heavy atom. The highest BCUT2D eigenvalue weighted by atomic mass is 127. The topological polar surface area (TPSA) is 82.7 Å². The van der Waals surface area contributed by atoms with Gasteiger partial charge in [0.2, 0.25) is 11.8 Å². The monoisotopic (exact) mass is 533 g/mol. The summed E-state index contributed by atoms with van der Waals surface area (Å²) in [5, 5.41) is 3.38. The molecule has 2 aromatic heterocycles. The first kappa shape index (κ1) is 23.0. The van der Waals surface area contributed by atoms with Gasteiger partial charge in [0.1, 0.15) is 6.54 Å². The lowest BCUT2D eigenvalue weighted by Crippen LogP contribution is -2.53. The molecule has 0 bridgehead atoms. The molecule has 3 aromatic rings. The minimum absolute atomic E-state index is 0. The number of aromatic nitrogens is 3. The predicted octanol–water partition coefficient (Wildman–Crippen LogP) is 3.35. The van der Waals surface area contributed by atoms with Crippen LogP contribution in [-0.4, -0.2) is 58.5 Å². The van der Waals surface area contributed by atoms with Crippen LogP contribution in [0.25, 0.3) is 11.3 Å². The average molecular weight is 533 g/mol. The molecule has 1 saturated heterocycles. The molecule has 1 aromatic carbocycles. The van der Waals surface area contributed by atoms with Crippen molar-refractivity contribution in [1.29, 1.82) is 0 Å². The van der Waals surface area contributed by atoms with E-state index in [0.29, 0.717) is 12.4 Å². The van der Waals surface area contributed by atoms with Crippen LogP contribution in [0.1, 0.15) is 18.4 Å². The lowest BCUT2D eigenvalue weighted by molar-refractivity contribution is 0.369. The maximum absolute atomic E-state index is 5.91. The van der Waals surface area contributed by atoms with E-state index in [1.54, 1.807) is 18.6 Å². The quantitative estimate of drug-likeness (QED) is 0.306. The summed E-state index contributed by atoms with van der Waals surface area (Å²) in [5.41, 5.74) is 2.24. The fourth-order valence-corrected chi connectivity index (χ4v) is 3.38. The van der Waals surface area contributed by atoms with Gasteiger partial charge >= 0.3 is 0 Å².